The van der Waals surface area contributed by atoms with E-state index in [1.54, 1.807) is 11.0 Å². The van der Waals surface area contributed by atoms with Crippen LogP contribution in [0.1, 0.15) is 19.2 Å². The fraction of sp³-hybridized carbons (Fsp3) is 0.818. The Balaban J connectivity index is 1.98. The van der Waals surface area contributed by atoms with Gasteiger partial charge in [-0.15, -0.1) is 0 Å². The molecule has 1 fully saturated rings. The molecular weight excluding hydrogens is 254 g/mol. The zero-order valence-electron chi connectivity index (χ0n) is 10.2. The molecule has 0 radical (unpaired) electrons. The quantitative estimate of drug-likeness (QED) is 0.897. The average molecular weight is 273 g/mol. The minimum Gasteiger partial charge on any atom is -0.391 e. The second kappa shape index (κ2) is 6.11. The molecule has 0 amide bonds. The number of aliphatic hydroxyl groups is 1. The summed E-state index contributed by atoms with van der Waals surface area (Å²) < 4.78 is 1.74. The summed E-state index contributed by atoms with van der Waals surface area (Å²) in [7, 11) is 1.87. The molecular formula is C11H19N3OS2. The average Bonchev–Trinajstić information content (AvgIpc) is 2.75. The molecule has 2 heterocycles. The summed E-state index contributed by atoms with van der Waals surface area (Å²) in [5, 5.41) is 15.3. The van der Waals surface area contributed by atoms with Gasteiger partial charge in [0.25, 0.3) is 0 Å². The third-order valence-corrected chi connectivity index (χ3v) is 6.46. The number of hydrogen-bond donors (Lipinski definition) is 1. The number of aliphatic hydroxyl groups excluding tert-OH is 1. The van der Waals surface area contributed by atoms with Crippen LogP contribution in [-0.2, 0) is 13.5 Å². The smallest absolute Gasteiger partial charge is 0.138 e. The maximum absolute atomic E-state index is 10.4. The first kappa shape index (κ1) is 13.2. The zero-order valence-corrected chi connectivity index (χ0v) is 11.9. The van der Waals surface area contributed by atoms with Gasteiger partial charge in [-0.25, -0.2) is 4.98 Å². The van der Waals surface area contributed by atoms with Gasteiger partial charge in [-0.1, -0.05) is 6.92 Å². The molecule has 1 aromatic heterocycles. The number of thioether (sulfide) groups is 2. The lowest BCUT2D eigenvalue weighted by Gasteiger charge is -2.33. The van der Waals surface area contributed by atoms with Crippen molar-refractivity contribution >= 4 is 23.5 Å². The van der Waals surface area contributed by atoms with E-state index in [1.807, 2.05) is 30.6 Å². The largest absolute Gasteiger partial charge is 0.391 e. The van der Waals surface area contributed by atoms with Crippen molar-refractivity contribution in [2.24, 2.45) is 7.05 Å². The van der Waals surface area contributed by atoms with Crippen molar-refractivity contribution in [1.29, 1.82) is 0 Å². The van der Waals surface area contributed by atoms with Crippen molar-refractivity contribution in [2.45, 2.75) is 36.4 Å². The van der Waals surface area contributed by atoms with Gasteiger partial charge in [0.15, 0.2) is 0 Å². The van der Waals surface area contributed by atoms with Crippen LogP contribution in [0.15, 0.2) is 6.33 Å². The maximum Gasteiger partial charge on any atom is 0.138 e. The molecule has 17 heavy (non-hydrogen) atoms. The summed E-state index contributed by atoms with van der Waals surface area (Å²) in [4.78, 5) is 4.18. The Morgan fingerprint density at radius 3 is 2.94 bits per heavy atom. The molecule has 0 aliphatic carbocycles. The normalized spacial score (nSPS) is 27.0. The first-order chi connectivity index (χ1) is 8.22. The van der Waals surface area contributed by atoms with Crippen LogP contribution in [0.5, 0.6) is 0 Å². The predicted octanol–water partition coefficient (Wildman–Crippen LogP) is 1.35. The van der Waals surface area contributed by atoms with Crippen molar-refractivity contribution in [3.63, 3.8) is 0 Å². The van der Waals surface area contributed by atoms with Crippen LogP contribution in [-0.4, -0.2) is 48.0 Å². The van der Waals surface area contributed by atoms with Crippen molar-refractivity contribution in [2.75, 3.05) is 11.5 Å². The van der Waals surface area contributed by atoms with E-state index in [1.165, 1.54) is 5.75 Å². The molecule has 1 aliphatic heterocycles. The van der Waals surface area contributed by atoms with Gasteiger partial charge >= 0.3 is 0 Å². The van der Waals surface area contributed by atoms with E-state index >= 15 is 0 Å². The molecule has 3 unspecified atom stereocenters. The van der Waals surface area contributed by atoms with Gasteiger partial charge in [-0.3, -0.25) is 4.68 Å². The van der Waals surface area contributed by atoms with E-state index in [9.17, 15) is 5.11 Å². The van der Waals surface area contributed by atoms with Gasteiger partial charge in [0.05, 0.1) is 6.10 Å². The third-order valence-electron chi connectivity index (χ3n) is 3.07. The van der Waals surface area contributed by atoms with Gasteiger partial charge < -0.3 is 5.11 Å². The maximum atomic E-state index is 10.4. The molecule has 1 aromatic rings. The fourth-order valence-corrected chi connectivity index (χ4v) is 5.25. The standard InChI is InChI=1S/C11H19N3OS2/c1-3-9-11(17-5-4-16-9)8(15)6-10-12-7-13-14(10)2/h7-9,11,15H,3-6H2,1-2H3. The van der Waals surface area contributed by atoms with Crippen LogP contribution in [0.25, 0.3) is 0 Å². The lowest BCUT2D eigenvalue weighted by molar-refractivity contribution is 0.166. The molecule has 0 saturated carbocycles. The molecule has 6 heteroatoms. The highest BCUT2D eigenvalue weighted by molar-refractivity contribution is 8.07. The van der Waals surface area contributed by atoms with Crippen LogP contribution >= 0.6 is 23.5 Å². The Morgan fingerprint density at radius 1 is 1.53 bits per heavy atom. The summed E-state index contributed by atoms with van der Waals surface area (Å²) in [6.07, 6.45) is 2.95. The number of rotatable bonds is 4. The predicted molar refractivity (Wildman–Crippen MR) is 73.5 cm³/mol. The Hall–Kier alpha value is -0.200. The summed E-state index contributed by atoms with van der Waals surface area (Å²) in [6, 6.07) is 0. The Labute approximate surface area is 111 Å². The molecule has 1 saturated heterocycles. The Kier molecular flexibility index (Phi) is 4.76. The molecule has 1 N–H and O–H groups in total. The van der Waals surface area contributed by atoms with Crippen molar-refractivity contribution in [1.82, 2.24) is 14.8 Å². The molecule has 0 spiro atoms. The highest BCUT2D eigenvalue weighted by atomic mass is 32.2. The van der Waals surface area contributed by atoms with Crippen molar-refractivity contribution < 1.29 is 5.11 Å². The first-order valence-corrected chi connectivity index (χ1v) is 8.06. The Morgan fingerprint density at radius 2 is 2.29 bits per heavy atom. The SMILES string of the molecule is CCC1SCCSC1C(O)Cc1ncnn1C. The van der Waals surface area contributed by atoms with Crippen LogP contribution in [0.2, 0.25) is 0 Å². The molecule has 0 bridgehead atoms. The van der Waals surface area contributed by atoms with E-state index in [-0.39, 0.29) is 6.10 Å². The lowest BCUT2D eigenvalue weighted by Crippen LogP contribution is -2.37. The molecule has 96 valence electrons. The minimum absolute atomic E-state index is 0.319. The summed E-state index contributed by atoms with van der Waals surface area (Å²) in [5.74, 6) is 3.21. The highest BCUT2D eigenvalue weighted by Gasteiger charge is 2.31. The summed E-state index contributed by atoms with van der Waals surface area (Å²) >= 11 is 3.90. The topological polar surface area (TPSA) is 50.9 Å². The molecule has 3 atom stereocenters. The van der Waals surface area contributed by atoms with Crippen LogP contribution in [0.3, 0.4) is 0 Å². The molecule has 0 aromatic carbocycles. The first-order valence-electron chi connectivity index (χ1n) is 5.96. The summed E-state index contributed by atoms with van der Waals surface area (Å²) in [6.45, 7) is 2.20. The monoisotopic (exact) mass is 273 g/mol. The van der Waals surface area contributed by atoms with Crippen molar-refractivity contribution in [3.8, 4) is 0 Å². The zero-order chi connectivity index (χ0) is 12.3. The van der Waals surface area contributed by atoms with E-state index in [2.05, 4.69) is 17.0 Å². The third kappa shape index (κ3) is 3.17. The van der Waals surface area contributed by atoms with Gasteiger partial charge in [-0.2, -0.15) is 28.6 Å². The fourth-order valence-electron chi connectivity index (χ4n) is 2.10. The molecule has 2 rings (SSSR count). The number of aromatic nitrogens is 3. The Bertz CT molecular complexity index is 358. The van der Waals surface area contributed by atoms with Crippen LogP contribution < -0.4 is 0 Å². The van der Waals surface area contributed by atoms with E-state index in [0.717, 1.165) is 18.0 Å². The van der Waals surface area contributed by atoms with Crippen LogP contribution in [0.4, 0.5) is 0 Å². The second-order valence-electron chi connectivity index (χ2n) is 4.22. The van der Waals surface area contributed by atoms with Gasteiger partial charge in [0.1, 0.15) is 12.2 Å². The molecule has 1 aliphatic rings. The lowest BCUT2D eigenvalue weighted by atomic mass is 10.1. The highest BCUT2D eigenvalue weighted by Crippen LogP contribution is 2.35. The number of aryl methyl sites for hydroxylation is 1. The van der Waals surface area contributed by atoms with Gasteiger partial charge in [0, 0.05) is 35.5 Å². The second-order valence-corrected chi connectivity index (χ2v) is 6.86. The van der Waals surface area contributed by atoms with Gasteiger partial charge in [0.2, 0.25) is 0 Å². The van der Waals surface area contributed by atoms with Crippen molar-refractivity contribution in [3.05, 3.63) is 12.2 Å². The van der Waals surface area contributed by atoms with Gasteiger partial charge in [-0.05, 0) is 6.42 Å². The van der Waals surface area contributed by atoms with E-state index < -0.39 is 0 Å². The number of nitrogens with zero attached hydrogens (tertiary/aromatic N) is 3. The number of hydrogen-bond acceptors (Lipinski definition) is 5. The van der Waals surface area contributed by atoms with Crippen LogP contribution in [0, 0.1) is 0 Å². The minimum atomic E-state index is -0.319. The molecule has 4 nitrogen and oxygen atoms in total. The van der Waals surface area contributed by atoms with E-state index in [4.69, 9.17) is 0 Å². The summed E-state index contributed by atoms with van der Waals surface area (Å²) in [5.41, 5.74) is 0. The van der Waals surface area contributed by atoms with E-state index in [0.29, 0.717) is 16.9 Å².